The molecule has 0 bridgehead atoms. The van der Waals surface area contributed by atoms with Crippen LogP contribution in [0.1, 0.15) is 52.4 Å². The minimum atomic E-state index is -0.0948. The molecule has 0 radical (unpaired) electrons. The number of rotatable bonds is 14. The van der Waals surface area contributed by atoms with Gasteiger partial charge in [0.25, 0.3) is 0 Å². The Morgan fingerprint density at radius 3 is 1.42 bits per heavy atom. The Morgan fingerprint density at radius 1 is 0.708 bits per heavy atom. The zero-order valence-corrected chi connectivity index (χ0v) is 18.4. The third kappa shape index (κ3) is 11.4. The van der Waals surface area contributed by atoms with Gasteiger partial charge in [-0.05, 0) is 64.2 Å². The lowest BCUT2D eigenvalue weighted by Gasteiger charge is -2.29. The number of alkyl halides is 2. The fourth-order valence-corrected chi connectivity index (χ4v) is 3.27. The summed E-state index contributed by atoms with van der Waals surface area (Å²) in [7, 11) is 0. The van der Waals surface area contributed by atoms with Crippen LogP contribution in [0.2, 0.25) is 0 Å². The van der Waals surface area contributed by atoms with Crippen molar-refractivity contribution < 1.29 is 18.9 Å². The van der Waals surface area contributed by atoms with E-state index in [0.717, 1.165) is 49.9 Å². The number of halogens is 2. The Bertz CT molecular complexity index is 258. The van der Waals surface area contributed by atoms with Crippen LogP contribution in [0.15, 0.2) is 0 Å². The van der Waals surface area contributed by atoms with Gasteiger partial charge in [-0.2, -0.15) is 0 Å². The van der Waals surface area contributed by atoms with Gasteiger partial charge in [0.15, 0.2) is 12.6 Å². The van der Waals surface area contributed by atoms with Crippen molar-refractivity contribution in [1.29, 1.82) is 0 Å². The molecule has 2 unspecified atom stereocenters. The van der Waals surface area contributed by atoms with E-state index in [-0.39, 0.29) is 12.6 Å². The van der Waals surface area contributed by atoms with Crippen molar-refractivity contribution in [1.82, 2.24) is 0 Å². The molecule has 0 heterocycles. The lowest BCUT2D eigenvalue weighted by molar-refractivity contribution is -0.147. The van der Waals surface area contributed by atoms with Gasteiger partial charge in [0.1, 0.15) is 0 Å². The fraction of sp³-hybridized carbons (Fsp3) is 1.00. The van der Waals surface area contributed by atoms with Crippen LogP contribution in [0, 0.1) is 11.8 Å². The molecule has 144 valence electrons. The Labute approximate surface area is 164 Å². The first-order valence-corrected chi connectivity index (χ1v) is 11.5. The van der Waals surface area contributed by atoms with Crippen LogP contribution in [0.3, 0.4) is 0 Å². The molecular weight excluding hydrogens is 440 g/mol. The summed E-state index contributed by atoms with van der Waals surface area (Å²) in [4.78, 5) is 0. The van der Waals surface area contributed by atoms with Gasteiger partial charge < -0.3 is 18.9 Å². The maximum Gasteiger partial charge on any atom is 0.154 e. The van der Waals surface area contributed by atoms with Gasteiger partial charge in [-0.3, -0.25) is 0 Å². The van der Waals surface area contributed by atoms with E-state index in [1.807, 2.05) is 13.8 Å². The van der Waals surface area contributed by atoms with Gasteiger partial charge >= 0.3 is 0 Å². The largest absolute Gasteiger partial charge is 0.353 e. The molecule has 1 aliphatic rings. The number of ether oxygens (including phenoxy) is 4. The Balaban J connectivity index is 2.03. The molecule has 1 aliphatic carbocycles. The minimum Gasteiger partial charge on any atom is -0.353 e. The van der Waals surface area contributed by atoms with Crippen LogP contribution < -0.4 is 0 Å². The number of hydrogen-bond acceptors (Lipinski definition) is 4. The summed E-state index contributed by atoms with van der Waals surface area (Å²) in [5.74, 6) is 1.33. The van der Waals surface area contributed by atoms with Gasteiger partial charge in [0.05, 0.1) is 26.4 Å². The van der Waals surface area contributed by atoms with Crippen molar-refractivity contribution in [2.75, 3.05) is 37.1 Å². The van der Waals surface area contributed by atoms with Gasteiger partial charge in [0, 0.05) is 10.7 Å². The molecule has 1 rings (SSSR count). The van der Waals surface area contributed by atoms with E-state index in [9.17, 15) is 0 Å². The summed E-state index contributed by atoms with van der Waals surface area (Å²) in [5, 5.41) is 1.96. The van der Waals surface area contributed by atoms with E-state index in [0.29, 0.717) is 11.8 Å². The highest BCUT2D eigenvalue weighted by Gasteiger charge is 2.22. The molecule has 0 aromatic rings. The Morgan fingerprint density at radius 2 is 1.08 bits per heavy atom. The van der Waals surface area contributed by atoms with E-state index in [2.05, 4.69) is 31.9 Å². The van der Waals surface area contributed by atoms with Gasteiger partial charge in [0.2, 0.25) is 0 Å². The van der Waals surface area contributed by atoms with Gasteiger partial charge in [-0.1, -0.05) is 31.9 Å². The quantitative estimate of drug-likeness (QED) is 0.199. The van der Waals surface area contributed by atoms with Crippen molar-refractivity contribution >= 4 is 31.9 Å². The SMILES string of the molecule is CC(OCCCBr)OCC1CCC(COC(C)OCCCBr)CC1. The molecular formula is C18H34Br2O4. The Hall–Kier alpha value is 0.800. The van der Waals surface area contributed by atoms with E-state index in [4.69, 9.17) is 18.9 Å². The third-order valence-electron chi connectivity index (χ3n) is 4.36. The molecule has 0 saturated heterocycles. The van der Waals surface area contributed by atoms with Crippen molar-refractivity contribution in [2.45, 2.75) is 65.0 Å². The molecule has 0 amide bonds. The minimum absolute atomic E-state index is 0.0948. The molecule has 4 nitrogen and oxygen atoms in total. The summed E-state index contributed by atoms with van der Waals surface area (Å²) in [6.45, 7) is 7.12. The standard InChI is InChI=1S/C18H34Br2O4/c1-15(21-11-3-9-19)23-13-17-5-7-18(8-6-17)14-24-16(2)22-12-4-10-20/h15-18H,3-14H2,1-2H3. The normalized spacial score (nSPS) is 24.0. The predicted molar refractivity (Wildman–Crippen MR) is 105 cm³/mol. The monoisotopic (exact) mass is 472 g/mol. The van der Waals surface area contributed by atoms with Gasteiger partial charge in [-0.25, -0.2) is 0 Å². The van der Waals surface area contributed by atoms with E-state index < -0.39 is 0 Å². The van der Waals surface area contributed by atoms with Crippen molar-refractivity contribution in [3.63, 3.8) is 0 Å². The van der Waals surface area contributed by atoms with Crippen molar-refractivity contribution in [3.05, 3.63) is 0 Å². The predicted octanol–water partition coefficient (Wildman–Crippen LogP) is 5.12. The molecule has 0 spiro atoms. The first-order chi connectivity index (χ1) is 11.7. The third-order valence-corrected chi connectivity index (χ3v) is 5.48. The van der Waals surface area contributed by atoms with Crippen molar-refractivity contribution in [3.8, 4) is 0 Å². The average molecular weight is 474 g/mol. The molecule has 0 aromatic carbocycles. The molecule has 1 fully saturated rings. The molecule has 24 heavy (non-hydrogen) atoms. The first kappa shape index (κ1) is 22.8. The summed E-state index contributed by atoms with van der Waals surface area (Å²) in [6, 6.07) is 0. The maximum absolute atomic E-state index is 5.82. The lowest BCUT2D eigenvalue weighted by Crippen LogP contribution is -2.26. The highest BCUT2D eigenvalue weighted by atomic mass is 79.9. The zero-order chi connectivity index (χ0) is 17.6. The molecule has 0 aliphatic heterocycles. The molecule has 1 saturated carbocycles. The highest BCUT2D eigenvalue weighted by molar-refractivity contribution is 9.09. The van der Waals surface area contributed by atoms with E-state index in [1.165, 1.54) is 25.7 Å². The average Bonchev–Trinajstić information content (AvgIpc) is 2.59. The second-order valence-corrected chi connectivity index (χ2v) is 8.10. The summed E-state index contributed by atoms with van der Waals surface area (Å²) in [5.41, 5.74) is 0. The number of hydrogen-bond donors (Lipinski definition) is 0. The second-order valence-electron chi connectivity index (χ2n) is 6.52. The van der Waals surface area contributed by atoms with Crippen LogP contribution in [0.5, 0.6) is 0 Å². The lowest BCUT2D eigenvalue weighted by atomic mass is 9.83. The summed E-state index contributed by atoms with van der Waals surface area (Å²) in [6.07, 6.45) is 6.75. The zero-order valence-electron chi connectivity index (χ0n) is 15.2. The van der Waals surface area contributed by atoms with Crippen LogP contribution in [0.25, 0.3) is 0 Å². The molecule has 6 heteroatoms. The van der Waals surface area contributed by atoms with Crippen LogP contribution in [-0.4, -0.2) is 49.7 Å². The fourth-order valence-electron chi connectivity index (χ4n) is 2.81. The highest BCUT2D eigenvalue weighted by Crippen LogP contribution is 2.29. The van der Waals surface area contributed by atoms with E-state index >= 15 is 0 Å². The van der Waals surface area contributed by atoms with Crippen molar-refractivity contribution in [2.24, 2.45) is 11.8 Å². The molecule has 0 aromatic heterocycles. The molecule has 2 atom stereocenters. The maximum atomic E-state index is 5.82. The second kappa shape index (κ2) is 14.9. The van der Waals surface area contributed by atoms with Gasteiger partial charge in [-0.15, -0.1) is 0 Å². The first-order valence-electron chi connectivity index (χ1n) is 9.24. The summed E-state index contributed by atoms with van der Waals surface area (Å²) >= 11 is 6.81. The smallest absolute Gasteiger partial charge is 0.154 e. The van der Waals surface area contributed by atoms with Crippen LogP contribution >= 0.6 is 31.9 Å². The Kier molecular flexibility index (Phi) is 14.2. The van der Waals surface area contributed by atoms with E-state index in [1.54, 1.807) is 0 Å². The van der Waals surface area contributed by atoms with Crippen LogP contribution in [0.4, 0.5) is 0 Å². The summed E-state index contributed by atoms with van der Waals surface area (Å²) < 4.78 is 22.9. The topological polar surface area (TPSA) is 36.9 Å². The van der Waals surface area contributed by atoms with Crippen LogP contribution in [-0.2, 0) is 18.9 Å². The molecule has 0 N–H and O–H groups in total.